The number of amides is 17. The van der Waals surface area contributed by atoms with E-state index in [9.17, 15) is 57.8 Å². The van der Waals surface area contributed by atoms with E-state index in [0.717, 1.165) is 10.8 Å². The lowest BCUT2D eigenvalue weighted by molar-refractivity contribution is -0.142. The van der Waals surface area contributed by atoms with Crippen LogP contribution < -0.4 is 85.9 Å². The summed E-state index contributed by atoms with van der Waals surface area (Å²) in [6.45, 7) is 9.79. The molecule has 0 unspecified atom stereocenters. The number of rotatable bonds is 42. The van der Waals surface area contributed by atoms with E-state index in [2.05, 4.69) is 79.4 Å². The molecule has 630 valence electrons. The molecule has 0 saturated carbocycles. The lowest BCUT2D eigenvalue weighted by atomic mass is 9.99. The number of imide groups is 1. The highest BCUT2D eigenvalue weighted by Crippen LogP contribution is 2.23. The SMILES string of the molecule is CC(=O)N[C@H](Cc1ccc2ccccc2c1)C(=O)N[C@H](Cc1ccc(Cl)cc1)C(=O)N[C@H](Cc1cccnc1)C(=O)N[C@@H](CO)C(=O)N[C@@H](Cc1ccc(NC(=O)[C@H]2CC(=O)NC(=O)N2)cc1)C(=O)N[C@H](Cc1ccc(CNC(N)=O)cc1)C(=O)N[C@@H](CC(C)C)C(=O)N[C@@H](CCCCNC(C)C)C(=O)N1CCC[C@H]1C(=O)N[C@H](C)C(N)=O. The zero-order valence-corrected chi connectivity index (χ0v) is 67.4. The van der Waals surface area contributed by atoms with Crippen LogP contribution in [-0.4, -0.2) is 196 Å². The van der Waals surface area contributed by atoms with Gasteiger partial charge in [-0.25, -0.2) is 9.59 Å². The molecule has 2 saturated heterocycles. The molecule has 3 heterocycles. The first-order valence-corrected chi connectivity index (χ1v) is 39.5. The van der Waals surface area contributed by atoms with Crippen molar-refractivity contribution in [1.82, 2.24) is 79.0 Å². The van der Waals surface area contributed by atoms with Crippen LogP contribution in [-0.2, 0) is 101 Å². The molecule has 5 aromatic carbocycles. The maximum absolute atomic E-state index is 15.5. The highest BCUT2D eigenvalue weighted by atomic mass is 35.5. The maximum atomic E-state index is 15.5. The highest BCUT2D eigenvalue weighted by Gasteiger charge is 2.41. The van der Waals surface area contributed by atoms with E-state index in [1.165, 1.54) is 55.4 Å². The average molecular weight is 1650 g/mol. The summed E-state index contributed by atoms with van der Waals surface area (Å²) in [5.41, 5.74) is 13.9. The molecule has 19 N–H and O–H groups in total. The molecule has 2 aliphatic heterocycles. The number of nitrogens with zero attached hydrogens (tertiary/aromatic N) is 2. The molecule has 0 radical (unpaired) electrons. The summed E-state index contributed by atoms with van der Waals surface area (Å²) in [4.78, 5) is 213. The third kappa shape index (κ3) is 28.8. The van der Waals surface area contributed by atoms with Gasteiger partial charge in [-0.2, -0.15) is 0 Å². The number of carbonyl (C=O) groups excluding carboxylic acids is 15. The number of aromatic nitrogens is 1. The number of hydrogen-bond donors (Lipinski definition) is 17. The van der Waals surface area contributed by atoms with Crippen molar-refractivity contribution in [2.24, 2.45) is 17.4 Å². The largest absolute Gasteiger partial charge is 0.394 e. The van der Waals surface area contributed by atoms with Gasteiger partial charge in [0.05, 0.1) is 13.0 Å². The number of halogens is 1. The Morgan fingerprint density at radius 2 is 1.05 bits per heavy atom. The fourth-order valence-corrected chi connectivity index (χ4v) is 13.6. The zero-order chi connectivity index (χ0) is 85.7. The molecular formula is C83H105ClN18O16. The Kier molecular flexibility index (Phi) is 34.4. The van der Waals surface area contributed by atoms with Crippen molar-refractivity contribution in [1.29, 1.82) is 0 Å². The summed E-state index contributed by atoms with van der Waals surface area (Å²) in [6.07, 6.45) is 3.12. The van der Waals surface area contributed by atoms with Crippen molar-refractivity contribution in [3.8, 4) is 0 Å². The third-order valence-electron chi connectivity index (χ3n) is 19.7. The van der Waals surface area contributed by atoms with Crippen molar-refractivity contribution >= 4 is 117 Å². The molecule has 11 atom stereocenters. The molecule has 1 aromatic heterocycles. The summed E-state index contributed by atoms with van der Waals surface area (Å²) in [6, 6.07) is 18.0. The number of urea groups is 2. The van der Waals surface area contributed by atoms with Gasteiger partial charge < -0.3 is 90.6 Å². The number of anilines is 1. The van der Waals surface area contributed by atoms with Gasteiger partial charge in [0.2, 0.25) is 76.8 Å². The molecule has 34 nitrogen and oxygen atoms in total. The Hall–Kier alpha value is -12.4. The summed E-state index contributed by atoms with van der Waals surface area (Å²) in [5.74, 6) is -10.9. The number of aliphatic hydroxyl groups excluding tert-OH is 1. The lowest BCUT2D eigenvalue weighted by Crippen LogP contribution is -2.62. The van der Waals surface area contributed by atoms with Crippen LogP contribution >= 0.6 is 11.6 Å². The predicted molar refractivity (Wildman–Crippen MR) is 437 cm³/mol. The summed E-state index contributed by atoms with van der Waals surface area (Å²) < 4.78 is 0. The molecule has 35 heteroatoms. The maximum Gasteiger partial charge on any atom is 0.322 e. The molecule has 2 fully saturated rings. The number of benzene rings is 5. The van der Waals surface area contributed by atoms with Gasteiger partial charge >= 0.3 is 12.1 Å². The number of fused-ring (bicyclic) bond motifs is 1. The number of hydrogen-bond acceptors (Lipinski definition) is 18. The Bertz CT molecular complexity index is 4540. The smallest absolute Gasteiger partial charge is 0.322 e. The Balaban J connectivity index is 1.10. The predicted octanol–water partition coefficient (Wildman–Crippen LogP) is 1.19. The number of primary amides is 2. The number of nitrogens with two attached hydrogens (primary N) is 2. The summed E-state index contributed by atoms with van der Waals surface area (Å²) in [7, 11) is 0. The second-order valence-electron chi connectivity index (χ2n) is 30.1. The number of unbranched alkanes of at least 4 members (excludes halogenated alkanes) is 1. The lowest BCUT2D eigenvalue weighted by Gasteiger charge is -2.31. The molecule has 2 aliphatic rings. The second kappa shape index (κ2) is 44.6. The molecule has 0 aliphatic carbocycles. The first-order valence-electron chi connectivity index (χ1n) is 39.1. The minimum absolute atomic E-state index is 0.00524. The molecule has 17 amide bonds. The van der Waals surface area contributed by atoms with Crippen LogP contribution in [0.15, 0.2) is 140 Å². The minimum atomic E-state index is -1.92. The standard InChI is InChI=1S/C83H105ClN18O16/c1-46(2)35-61(73(108)93-60(16-9-10-33-88-47(3)4)81(116)102-34-12-17-69(102)80(115)90-48(5)71(85)106)94-75(110)63(37-50-18-20-53(21-19-50)44-89-82(86)117)96-77(112)65(39-52-25-30-59(31-26-52)92-72(107)67-42-70(105)101-83(118)100-67)98-79(114)68(45-103)99-78(113)66(41-55-13-11-32-87-43-55)97-76(111)64(38-51-23-28-58(84)29-24-51)95-74(109)62(91-49(6)104)40-54-22-27-56-14-7-8-15-57(56)36-54/h7-8,11,13-15,18-32,36,43,46-48,60-69,88,103H,9-10,12,16-17,33-35,37-42,44-45H2,1-6H3,(H2,85,106)(H,90,115)(H,91,104)(H,92,107)(H,93,108)(H,94,110)(H,95,109)(H,96,112)(H,97,111)(H,98,114)(H,99,113)(H3,86,89,117)(H2,100,101,105,118)/t48-,60+,61+,62-,63-,64-,65+,66-,67-,68+,69+/m1/s1. The number of likely N-dealkylation sites (tertiary alicyclic amines) is 1. The van der Waals surface area contributed by atoms with E-state index in [1.807, 2.05) is 56.3 Å². The van der Waals surface area contributed by atoms with Crippen LogP contribution in [0.4, 0.5) is 15.3 Å². The molecule has 6 aromatic rings. The van der Waals surface area contributed by atoms with E-state index >= 15 is 19.2 Å². The monoisotopic (exact) mass is 1640 g/mol. The van der Waals surface area contributed by atoms with Crippen molar-refractivity contribution < 1.29 is 77.0 Å². The Morgan fingerprint density at radius 1 is 0.551 bits per heavy atom. The molecule has 8 rings (SSSR count). The van der Waals surface area contributed by atoms with Gasteiger partial charge in [-0.05, 0) is 132 Å². The Labute approximate surface area is 687 Å². The van der Waals surface area contributed by atoms with E-state index in [1.54, 1.807) is 74.5 Å². The van der Waals surface area contributed by atoms with Gasteiger partial charge in [0.15, 0.2) is 0 Å². The number of pyridine rings is 1. The first kappa shape index (κ1) is 91.1. The van der Waals surface area contributed by atoms with Crippen LogP contribution in [0, 0.1) is 5.92 Å². The average Bonchev–Trinajstić information content (AvgIpc) is 1.70. The zero-order valence-electron chi connectivity index (χ0n) is 66.6. The third-order valence-corrected chi connectivity index (χ3v) is 20.0. The van der Waals surface area contributed by atoms with Crippen molar-refractivity contribution in [2.75, 3.05) is 25.0 Å². The van der Waals surface area contributed by atoms with Crippen LogP contribution in [0.1, 0.15) is 120 Å². The van der Waals surface area contributed by atoms with Gasteiger partial charge in [-0.15, -0.1) is 0 Å². The number of aliphatic hydroxyl groups is 1. The van der Waals surface area contributed by atoms with E-state index in [-0.39, 0.29) is 82.1 Å². The highest BCUT2D eigenvalue weighted by molar-refractivity contribution is 6.30. The van der Waals surface area contributed by atoms with Crippen LogP contribution in [0.3, 0.4) is 0 Å². The summed E-state index contributed by atoms with van der Waals surface area (Å²) in [5, 5.41) is 50.6. The first-order chi connectivity index (χ1) is 56.3. The molecule has 0 spiro atoms. The van der Waals surface area contributed by atoms with E-state index in [0.29, 0.717) is 64.2 Å². The molecule has 118 heavy (non-hydrogen) atoms. The minimum Gasteiger partial charge on any atom is -0.394 e. The topological polar surface area (TPSA) is 513 Å². The van der Waals surface area contributed by atoms with Gasteiger partial charge in [-0.1, -0.05) is 136 Å². The van der Waals surface area contributed by atoms with Gasteiger partial charge in [0.25, 0.3) is 0 Å². The second-order valence-corrected chi connectivity index (χ2v) is 30.5. The van der Waals surface area contributed by atoms with E-state index < -0.39 is 168 Å². The quantitative estimate of drug-likeness (QED) is 0.0239. The van der Waals surface area contributed by atoms with Crippen LogP contribution in [0.25, 0.3) is 10.8 Å². The van der Waals surface area contributed by atoms with Gasteiger partial charge in [0, 0.05) is 81.3 Å². The summed E-state index contributed by atoms with van der Waals surface area (Å²) >= 11 is 6.27. The fraction of sp³-hybridized carbons (Fsp3) is 0.422. The Morgan fingerprint density at radius 3 is 1.58 bits per heavy atom. The number of nitrogens with one attached hydrogen (secondary N) is 14. The van der Waals surface area contributed by atoms with Crippen LogP contribution in [0.5, 0.6) is 0 Å². The molecular weight excluding hydrogens is 1540 g/mol. The van der Waals surface area contributed by atoms with Gasteiger partial charge in [0.1, 0.15) is 66.5 Å². The van der Waals surface area contributed by atoms with Crippen LogP contribution in [0.2, 0.25) is 5.02 Å². The fourth-order valence-electron chi connectivity index (χ4n) is 13.5. The van der Waals surface area contributed by atoms with Gasteiger partial charge in [-0.3, -0.25) is 72.6 Å². The van der Waals surface area contributed by atoms with Crippen molar-refractivity contribution in [3.63, 3.8) is 0 Å². The van der Waals surface area contributed by atoms with E-state index in [4.69, 9.17) is 23.1 Å². The molecule has 0 bridgehead atoms. The van der Waals surface area contributed by atoms with Crippen molar-refractivity contribution in [2.45, 2.75) is 198 Å². The number of carbonyl (C=O) groups is 15. The van der Waals surface area contributed by atoms with Crippen molar-refractivity contribution in [3.05, 3.63) is 178 Å². The normalized spacial score (nSPS) is 16.1.